The van der Waals surface area contributed by atoms with Gasteiger partial charge in [0.05, 0.1) is 35.5 Å². The van der Waals surface area contributed by atoms with E-state index in [0.717, 1.165) is 0 Å². The van der Waals surface area contributed by atoms with Crippen LogP contribution in [0.25, 0.3) is 0 Å². The highest BCUT2D eigenvalue weighted by Crippen LogP contribution is 2.59. The maximum absolute atomic E-state index is 13.0. The summed E-state index contributed by atoms with van der Waals surface area (Å²) < 4.78 is 20.9. The number of carbonyl (C=O) groups is 6. The van der Waals surface area contributed by atoms with Gasteiger partial charge in [0.2, 0.25) is 0 Å². The third kappa shape index (κ3) is 3.17. The average molecular weight is 508 g/mol. The summed E-state index contributed by atoms with van der Waals surface area (Å²) in [5.41, 5.74) is 0.591. The summed E-state index contributed by atoms with van der Waals surface area (Å²) in [5.74, 6) is -5.82. The molecule has 6 aliphatic rings. The van der Waals surface area contributed by atoms with Crippen LogP contribution in [-0.4, -0.2) is 35.8 Å². The molecule has 192 valence electrons. The quantitative estimate of drug-likeness (QED) is 0.336. The maximum atomic E-state index is 13.0. The zero-order valence-electron chi connectivity index (χ0n) is 19.9. The van der Waals surface area contributed by atoms with E-state index in [2.05, 4.69) is 0 Å². The third-order valence-corrected chi connectivity index (χ3v) is 9.68. The van der Waals surface area contributed by atoms with E-state index < -0.39 is 71.3 Å². The van der Waals surface area contributed by atoms with Crippen LogP contribution < -0.4 is 9.47 Å². The van der Waals surface area contributed by atoms with Crippen molar-refractivity contribution < 1.29 is 47.7 Å². The van der Waals surface area contributed by atoms with Crippen LogP contribution in [0.15, 0.2) is 18.2 Å². The van der Waals surface area contributed by atoms with Crippen LogP contribution in [0.5, 0.6) is 11.5 Å². The molecule has 2 aliphatic heterocycles. The minimum absolute atomic E-state index is 0.0413. The minimum atomic E-state index is -0.558. The Bertz CT molecular complexity index is 1300. The largest absolute Gasteiger partial charge is 0.426 e. The van der Waals surface area contributed by atoms with E-state index in [1.807, 2.05) is 0 Å². The van der Waals surface area contributed by atoms with Gasteiger partial charge in [-0.05, 0) is 80.0 Å². The highest BCUT2D eigenvalue weighted by atomic mass is 16.6. The summed E-state index contributed by atoms with van der Waals surface area (Å²) in [6.45, 7) is 1.73. The number of carbonyl (C=O) groups excluding carboxylic acids is 6. The molecule has 7 rings (SSSR count). The lowest BCUT2D eigenvalue weighted by Crippen LogP contribution is -2.36. The molecule has 0 radical (unpaired) electrons. The molecule has 2 saturated heterocycles. The van der Waals surface area contributed by atoms with Crippen molar-refractivity contribution in [3.63, 3.8) is 0 Å². The third-order valence-electron chi connectivity index (χ3n) is 9.68. The Balaban J connectivity index is 1.00. The van der Waals surface area contributed by atoms with E-state index in [1.165, 1.54) is 0 Å². The number of benzene rings is 1. The lowest BCUT2D eigenvalue weighted by atomic mass is 9.75. The number of rotatable bonds is 4. The molecule has 0 amide bonds. The first-order chi connectivity index (χ1) is 17.7. The van der Waals surface area contributed by atoms with Crippen molar-refractivity contribution in [2.75, 3.05) is 0 Å². The van der Waals surface area contributed by atoms with Crippen molar-refractivity contribution in [2.45, 2.75) is 32.6 Å². The molecule has 10 unspecified atom stereocenters. The summed E-state index contributed by atoms with van der Waals surface area (Å²) >= 11 is 0. The molecule has 0 spiro atoms. The van der Waals surface area contributed by atoms with Crippen molar-refractivity contribution in [3.05, 3.63) is 23.8 Å². The van der Waals surface area contributed by atoms with Crippen LogP contribution in [0.1, 0.15) is 31.2 Å². The highest BCUT2D eigenvalue weighted by Gasteiger charge is 2.65. The Morgan fingerprint density at radius 1 is 0.703 bits per heavy atom. The molecule has 1 aromatic carbocycles. The standard InChI is InChI=1S/C27H24O10/c1-9-4-12(34-22(28)15-7-10-5-13(15)20-18(10)24(30)36-26(20)32)2-3-17(9)35-23(29)16-8-11-6-14(16)21-19(11)25(31)37-27(21)33/h2-4,10-11,13-16,18-21H,5-8H2,1H3. The van der Waals surface area contributed by atoms with E-state index in [9.17, 15) is 28.8 Å². The zero-order chi connectivity index (χ0) is 25.7. The van der Waals surface area contributed by atoms with Gasteiger partial charge >= 0.3 is 35.8 Å². The van der Waals surface area contributed by atoms with Gasteiger partial charge in [0.25, 0.3) is 0 Å². The lowest BCUT2D eigenvalue weighted by molar-refractivity contribution is -0.156. The Labute approximate surface area is 210 Å². The monoisotopic (exact) mass is 508 g/mol. The summed E-state index contributed by atoms with van der Waals surface area (Å²) in [6, 6.07) is 4.71. The number of cyclic esters (lactones) is 4. The Morgan fingerprint density at radius 3 is 1.70 bits per heavy atom. The Morgan fingerprint density at radius 2 is 1.19 bits per heavy atom. The normalized spacial score (nSPS) is 40.5. The molecular formula is C27H24O10. The van der Waals surface area contributed by atoms with E-state index in [1.54, 1.807) is 25.1 Å². The molecule has 1 aromatic rings. The number of hydrogen-bond donors (Lipinski definition) is 0. The first-order valence-corrected chi connectivity index (χ1v) is 12.8. The minimum Gasteiger partial charge on any atom is -0.426 e. The summed E-state index contributed by atoms with van der Waals surface area (Å²) in [7, 11) is 0. The van der Waals surface area contributed by atoms with Crippen molar-refractivity contribution in [2.24, 2.45) is 59.2 Å². The van der Waals surface area contributed by atoms with Crippen LogP contribution >= 0.6 is 0 Å². The van der Waals surface area contributed by atoms with E-state index in [-0.39, 0.29) is 23.7 Å². The smallest absolute Gasteiger partial charge is 0.317 e. The fraction of sp³-hybridized carbons (Fsp3) is 0.556. The molecule has 37 heavy (non-hydrogen) atoms. The molecule has 2 heterocycles. The SMILES string of the molecule is Cc1cc(OC(=O)C2CC3CC2C2C(=O)OC(=O)C32)ccc1OC(=O)C1CC2CC1C1C(=O)OC(=O)C21. The van der Waals surface area contributed by atoms with Crippen LogP contribution in [0.3, 0.4) is 0 Å². The first-order valence-electron chi connectivity index (χ1n) is 12.8. The Kier molecular flexibility index (Phi) is 4.72. The van der Waals surface area contributed by atoms with Gasteiger partial charge in [-0.15, -0.1) is 0 Å². The average Bonchev–Trinajstić information content (AvgIpc) is 3.67. The number of hydrogen-bond acceptors (Lipinski definition) is 10. The van der Waals surface area contributed by atoms with Crippen LogP contribution in [0.4, 0.5) is 0 Å². The summed E-state index contributed by atoms with van der Waals surface area (Å²) in [4.78, 5) is 74.0. The first kappa shape index (κ1) is 22.6. The topological polar surface area (TPSA) is 139 Å². The molecule has 0 aromatic heterocycles. The van der Waals surface area contributed by atoms with Gasteiger partial charge in [-0.25, -0.2) is 0 Å². The van der Waals surface area contributed by atoms with E-state index >= 15 is 0 Å². The number of aryl methyl sites for hydroxylation is 1. The second-order valence-electron chi connectivity index (χ2n) is 11.4. The van der Waals surface area contributed by atoms with Crippen molar-refractivity contribution >= 4 is 35.8 Å². The van der Waals surface area contributed by atoms with Crippen molar-refractivity contribution in [1.29, 1.82) is 0 Å². The molecular weight excluding hydrogens is 484 g/mol. The van der Waals surface area contributed by atoms with Crippen LogP contribution in [0, 0.1) is 66.1 Å². The predicted octanol–water partition coefficient (Wildman–Crippen LogP) is 1.75. The van der Waals surface area contributed by atoms with Crippen molar-refractivity contribution in [1.82, 2.24) is 0 Å². The van der Waals surface area contributed by atoms with Gasteiger partial charge < -0.3 is 18.9 Å². The molecule has 10 atom stereocenters. The fourth-order valence-electron chi connectivity index (χ4n) is 8.23. The number of fused-ring (bicyclic) bond motifs is 10. The predicted molar refractivity (Wildman–Crippen MR) is 118 cm³/mol. The van der Waals surface area contributed by atoms with Gasteiger partial charge in [0.15, 0.2) is 0 Å². The van der Waals surface area contributed by atoms with Crippen LogP contribution in [-0.2, 0) is 38.2 Å². The highest BCUT2D eigenvalue weighted by molar-refractivity contribution is 5.99. The van der Waals surface area contributed by atoms with Gasteiger partial charge in [-0.2, -0.15) is 0 Å². The lowest BCUT2D eigenvalue weighted by Gasteiger charge is -2.26. The molecule has 4 saturated carbocycles. The van der Waals surface area contributed by atoms with Crippen molar-refractivity contribution in [3.8, 4) is 11.5 Å². The Hall–Kier alpha value is -3.56. The second kappa shape index (κ2) is 7.72. The molecule has 4 bridgehead atoms. The van der Waals surface area contributed by atoms with Gasteiger partial charge in [-0.3, -0.25) is 28.8 Å². The zero-order valence-corrected chi connectivity index (χ0v) is 19.9. The van der Waals surface area contributed by atoms with Crippen LogP contribution in [0.2, 0.25) is 0 Å². The number of ether oxygens (including phenoxy) is 4. The molecule has 10 heteroatoms. The van der Waals surface area contributed by atoms with E-state index in [0.29, 0.717) is 42.7 Å². The molecule has 4 aliphatic carbocycles. The molecule has 10 nitrogen and oxygen atoms in total. The van der Waals surface area contributed by atoms with Gasteiger partial charge in [-0.1, -0.05) is 0 Å². The summed E-state index contributed by atoms with van der Waals surface area (Å²) in [6.07, 6.45) is 2.26. The molecule has 0 N–H and O–H groups in total. The van der Waals surface area contributed by atoms with Gasteiger partial charge in [0, 0.05) is 0 Å². The maximum Gasteiger partial charge on any atom is 0.317 e. The summed E-state index contributed by atoms with van der Waals surface area (Å²) in [5, 5.41) is 0. The molecule has 6 fully saturated rings. The number of esters is 6. The van der Waals surface area contributed by atoms with E-state index in [4.69, 9.17) is 18.9 Å². The van der Waals surface area contributed by atoms with Gasteiger partial charge in [0.1, 0.15) is 11.5 Å². The second-order valence-corrected chi connectivity index (χ2v) is 11.4. The fourth-order valence-corrected chi connectivity index (χ4v) is 8.23.